The number of hydrogen-bond donors (Lipinski definition) is 2. The second-order valence-electron chi connectivity index (χ2n) is 8.54. The summed E-state index contributed by atoms with van der Waals surface area (Å²) < 4.78 is 5.44. The summed E-state index contributed by atoms with van der Waals surface area (Å²) in [5.41, 5.74) is 8.37. The lowest BCUT2D eigenvalue weighted by Crippen LogP contribution is -2.51. The van der Waals surface area contributed by atoms with E-state index >= 15 is 0 Å². The summed E-state index contributed by atoms with van der Waals surface area (Å²) in [5.74, 6) is 0.662. The molecule has 0 radical (unpaired) electrons. The zero-order valence-electron chi connectivity index (χ0n) is 16.8. The minimum atomic E-state index is -0.445. The molecule has 1 saturated carbocycles. The predicted molar refractivity (Wildman–Crippen MR) is 112 cm³/mol. The van der Waals surface area contributed by atoms with E-state index in [1.165, 1.54) is 24.0 Å². The van der Waals surface area contributed by atoms with Crippen molar-refractivity contribution in [1.29, 1.82) is 0 Å². The lowest BCUT2D eigenvalue weighted by molar-refractivity contribution is -0.136. The molecule has 0 aromatic heterocycles. The smallest absolute Gasteiger partial charge is 0.227 e. The first-order valence-electron chi connectivity index (χ1n) is 10.2. The minimum Gasteiger partial charge on any atom is -0.381 e. The molecule has 2 fully saturated rings. The maximum atomic E-state index is 13.0. The van der Waals surface area contributed by atoms with E-state index < -0.39 is 5.41 Å². The van der Waals surface area contributed by atoms with Crippen molar-refractivity contribution < 1.29 is 9.53 Å². The Kier molecular flexibility index (Phi) is 7.73. The third kappa shape index (κ3) is 4.67. The van der Waals surface area contributed by atoms with Gasteiger partial charge in [0.1, 0.15) is 0 Å². The second kappa shape index (κ2) is 9.40. The fourth-order valence-electron chi connectivity index (χ4n) is 4.56. The van der Waals surface area contributed by atoms with Crippen LogP contribution in [-0.2, 0) is 14.9 Å². The quantitative estimate of drug-likeness (QED) is 0.768. The molecule has 1 amide bonds. The largest absolute Gasteiger partial charge is 0.381 e. The predicted octanol–water partition coefficient (Wildman–Crippen LogP) is 3.92. The molecular formula is C22H35ClN2O2. The van der Waals surface area contributed by atoms with Crippen molar-refractivity contribution in [3.8, 4) is 0 Å². The number of rotatable bonds is 6. The molecule has 4 nitrogen and oxygen atoms in total. The third-order valence-electron chi connectivity index (χ3n) is 6.66. The molecule has 152 valence electrons. The van der Waals surface area contributed by atoms with Crippen LogP contribution in [0.2, 0.25) is 0 Å². The molecule has 1 aliphatic carbocycles. The summed E-state index contributed by atoms with van der Waals surface area (Å²) in [6, 6.07) is 9.06. The van der Waals surface area contributed by atoms with E-state index in [1.807, 2.05) is 0 Å². The molecule has 1 aromatic rings. The van der Waals surface area contributed by atoms with Crippen LogP contribution in [0.3, 0.4) is 0 Å². The summed E-state index contributed by atoms with van der Waals surface area (Å²) in [6.45, 7) is 6.83. The first-order valence-corrected chi connectivity index (χ1v) is 10.2. The van der Waals surface area contributed by atoms with Gasteiger partial charge in [0.05, 0.1) is 5.41 Å². The average Bonchev–Trinajstić information content (AvgIpc) is 3.17. The molecule has 1 aromatic carbocycles. The van der Waals surface area contributed by atoms with E-state index in [9.17, 15) is 4.79 Å². The third-order valence-corrected chi connectivity index (χ3v) is 6.66. The van der Waals surface area contributed by atoms with Gasteiger partial charge in [0.25, 0.3) is 0 Å². The van der Waals surface area contributed by atoms with E-state index in [0.29, 0.717) is 25.7 Å². The van der Waals surface area contributed by atoms with Gasteiger partial charge in [-0.25, -0.2) is 0 Å². The van der Waals surface area contributed by atoms with Gasteiger partial charge in [0, 0.05) is 31.7 Å². The molecule has 0 unspecified atom stereocenters. The molecule has 27 heavy (non-hydrogen) atoms. The molecule has 1 saturated heterocycles. The van der Waals surface area contributed by atoms with Gasteiger partial charge in [0.15, 0.2) is 0 Å². The Balaban J connectivity index is 0.00000261. The molecular weight excluding hydrogens is 360 g/mol. The Morgan fingerprint density at radius 3 is 2.22 bits per heavy atom. The number of carbonyl (C=O) groups excluding carboxylic acids is 1. The topological polar surface area (TPSA) is 64.4 Å². The van der Waals surface area contributed by atoms with Gasteiger partial charge in [-0.1, -0.05) is 51.0 Å². The first kappa shape index (κ1) is 22.2. The van der Waals surface area contributed by atoms with E-state index in [0.717, 1.165) is 32.2 Å². The Hall–Kier alpha value is -1.10. The van der Waals surface area contributed by atoms with E-state index in [4.69, 9.17) is 10.5 Å². The SMILES string of the molecule is CC(C)c1ccc(C2(CNC(=O)C3(CN)CCOCC3)CCCC2)cc1.Cl. The van der Waals surface area contributed by atoms with Gasteiger partial charge >= 0.3 is 0 Å². The van der Waals surface area contributed by atoms with E-state index in [-0.39, 0.29) is 23.7 Å². The lowest BCUT2D eigenvalue weighted by atomic mass is 9.76. The molecule has 2 aliphatic rings. The van der Waals surface area contributed by atoms with Gasteiger partial charge in [-0.2, -0.15) is 0 Å². The van der Waals surface area contributed by atoms with Crippen molar-refractivity contribution in [3.05, 3.63) is 35.4 Å². The first-order chi connectivity index (χ1) is 12.5. The van der Waals surface area contributed by atoms with Crippen molar-refractivity contribution in [1.82, 2.24) is 5.32 Å². The molecule has 1 heterocycles. The average molecular weight is 395 g/mol. The van der Waals surface area contributed by atoms with Gasteiger partial charge in [-0.05, 0) is 42.7 Å². The number of hydrogen-bond acceptors (Lipinski definition) is 3. The van der Waals surface area contributed by atoms with Crippen molar-refractivity contribution >= 4 is 18.3 Å². The van der Waals surface area contributed by atoms with Crippen LogP contribution in [0.25, 0.3) is 0 Å². The van der Waals surface area contributed by atoms with Crippen molar-refractivity contribution in [3.63, 3.8) is 0 Å². The highest BCUT2D eigenvalue weighted by Gasteiger charge is 2.41. The Morgan fingerprint density at radius 1 is 1.11 bits per heavy atom. The zero-order valence-corrected chi connectivity index (χ0v) is 17.6. The summed E-state index contributed by atoms with van der Waals surface area (Å²) >= 11 is 0. The maximum Gasteiger partial charge on any atom is 0.227 e. The Bertz CT molecular complexity index is 603. The van der Waals surface area contributed by atoms with E-state index in [1.54, 1.807) is 0 Å². The van der Waals surface area contributed by atoms with Crippen LogP contribution in [0.15, 0.2) is 24.3 Å². The Labute approximate surface area is 170 Å². The highest BCUT2D eigenvalue weighted by atomic mass is 35.5. The number of amides is 1. The number of ether oxygens (including phenoxy) is 1. The van der Waals surface area contributed by atoms with Crippen molar-refractivity contribution in [2.24, 2.45) is 11.1 Å². The Morgan fingerprint density at radius 2 is 1.70 bits per heavy atom. The standard InChI is InChI=1S/C22H34N2O2.ClH/c1-17(2)18-5-7-19(8-6-18)22(9-3-4-10-22)16-24-20(25)21(15-23)11-13-26-14-12-21;/h5-8,17H,3-4,9-16,23H2,1-2H3,(H,24,25);1H. The van der Waals surface area contributed by atoms with Gasteiger partial charge < -0.3 is 15.8 Å². The minimum absolute atomic E-state index is 0. The number of benzene rings is 1. The molecule has 0 atom stereocenters. The van der Waals surface area contributed by atoms with Gasteiger partial charge in [-0.3, -0.25) is 4.79 Å². The highest BCUT2D eigenvalue weighted by molar-refractivity contribution is 5.85. The van der Waals surface area contributed by atoms with E-state index in [2.05, 4.69) is 43.4 Å². The molecule has 3 rings (SSSR count). The lowest BCUT2D eigenvalue weighted by Gasteiger charge is -2.37. The van der Waals surface area contributed by atoms with Gasteiger partial charge in [0.2, 0.25) is 5.91 Å². The summed E-state index contributed by atoms with van der Waals surface area (Å²) in [4.78, 5) is 13.0. The molecule has 0 spiro atoms. The van der Waals surface area contributed by atoms with Crippen LogP contribution in [0.5, 0.6) is 0 Å². The van der Waals surface area contributed by atoms with Crippen LogP contribution >= 0.6 is 12.4 Å². The van der Waals surface area contributed by atoms with Crippen LogP contribution in [-0.4, -0.2) is 32.2 Å². The summed E-state index contributed by atoms with van der Waals surface area (Å²) in [6.07, 6.45) is 6.21. The fourth-order valence-corrected chi connectivity index (χ4v) is 4.56. The second-order valence-corrected chi connectivity index (χ2v) is 8.54. The fraction of sp³-hybridized carbons (Fsp3) is 0.682. The number of nitrogens with one attached hydrogen (secondary N) is 1. The zero-order chi connectivity index (χ0) is 18.6. The summed E-state index contributed by atoms with van der Waals surface area (Å²) in [5, 5.41) is 3.29. The molecule has 3 N–H and O–H groups in total. The molecule has 0 bridgehead atoms. The molecule has 1 aliphatic heterocycles. The number of nitrogens with two attached hydrogens (primary N) is 1. The van der Waals surface area contributed by atoms with Crippen molar-refractivity contribution in [2.45, 2.75) is 63.7 Å². The van der Waals surface area contributed by atoms with Crippen LogP contribution in [0, 0.1) is 5.41 Å². The highest BCUT2D eigenvalue weighted by Crippen LogP contribution is 2.41. The normalized spacial score (nSPS) is 20.9. The monoisotopic (exact) mass is 394 g/mol. The van der Waals surface area contributed by atoms with Crippen molar-refractivity contribution in [2.75, 3.05) is 26.3 Å². The molecule has 5 heteroatoms. The maximum absolute atomic E-state index is 13.0. The van der Waals surface area contributed by atoms with Crippen LogP contribution in [0.1, 0.15) is 69.4 Å². The number of halogens is 1. The van der Waals surface area contributed by atoms with Gasteiger partial charge in [-0.15, -0.1) is 12.4 Å². The number of carbonyl (C=O) groups is 1. The van der Waals surface area contributed by atoms with Crippen LogP contribution in [0.4, 0.5) is 0 Å². The van der Waals surface area contributed by atoms with Crippen LogP contribution < -0.4 is 11.1 Å². The summed E-state index contributed by atoms with van der Waals surface area (Å²) in [7, 11) is 0.